The van der Waals surface area contributed by atoms with Gasteiger partial charge in [-0.05, 0) is 10.9 Å². The Morgan fingerprint density at radius 2 is 2.00 bits per heavy atom. The normalized spacial score (nSPS) is 14.8. The van der Waals surface area contributed by atoms with Crippen LogP contribution >= 0.6 is 25.3 Å². The molecule has 0 rings (SSSR count). The van der Waals surface area contributed by atoms with E-state index in [0.29, 0.717) is 5.75 Å². The Hall–Kier alpha value is 0.765. The molecule has 1 unspecified atom stereocenters. The summed E-state index contributed by atoms with van der Waals surface area (Å²) in [5.74, 6) is 0.642. The lowest BCUT2D eigenvalue weighted by atomic mass is 10.1. The predicted octanol–water partition coefficient (Wildman–Crippen LogP) is 0.341. The van der Waals surface area contributed by atoms with Crippen molar-refractivity contribution in [2.24, 2.45) is 0 Å². The first-order valence-electron chi connectivity index (χ1n) is 1.32. The van der Waals surface area contributed by atoms with Crippen molar-refractivity contribution in [2.45, 2.75) is 5.15 Å². The summed E-state index contributed by atoms with van der Waals surface area (Å²) >= 11 is 7.61. The van der Waals surface area contributed by atoms with Crippen LogP contribution in [0.15, 0.2) is 0 Å². The van der Waals surface area contributed by atoms with E-state index in [1.54, 1.807) is 0 Å². The zero-order valence-corrected chi connectivity index (χ0v) is 4.55. The maximum atomic E-state index is 5.08. The van der Waals surface area contributed by atoms with Crippen LogP contribution in [0.3, 0.4) is 0 Å². The van der Waals surface area contributed by atoms with Crippen molar-refractivity contribution in [3.8, 4) is 0 Å². The lowest BCUT2D eigenvalue weighted by Crippen LogP contribution is -1.95. The van der Waals surface area contributed by atoms with Gasteiger partial charge in [-0.1, -0.05) is 0 Å². The Balaban J connectivity index is 2.54. The molecule has 0 aromatic heterocycles. The van der Waals surface area contributed by atoms with Gasteiger partial charge in [-0.2, -0.15) is 25.3 Å². The molecule has 0 aliphatic heterocycles. The van der Waals surface area contributed by atoms with Crippen molar-refractivity contribution in [3.05, 3.63) is 0 Å². The molecule has 0 bridgehead atoms. The number of rotatable bonds is 1. The molecule has 28 valence electrons. The summed E-state index contributed by atoms with van der Waals surface area (Å²) in [5, 5.41) is -0.0571. The molecule has 0 fully saturated rings. The van der Waals surface area contributed by atoms with Gasteiger partial charge in [0.15, 0.2) is 0 Å². The average molecular weight is 104 g/mol. The number of hydrogen-bond donors (Lipinski definition) is 2. The van der Waals surface area contributed by atoms with Gasteiger partial charge in [0.05, 0.1) is 7.85 Å². The largest absolute Gasteiger partial charge is 0.185 e. The predicted molar refractivity (Wildman–Crippen MR) is 32.4 cm³/mol. The Labute approximate surface area is 44.6 Å². The zero-order chi connectivity index (χ0) is 4.28. The van der Waals surface area contributed by atoms with E-state index in [2.05, 4.69) is 25.3 Å². The average Bonchev–Trinajstić information content (AvgIpc) is 1.38. The van der Waals surface area contributed by atoms with Crippen molar-refractivity contribution < 1.29 is 0 Å². The van der Waals surface area contributed by atoms with Gasteiger partial charge in [0, 0.05) is 0 Å². The third-order valence-electron chi connectivity index (χ3n) is 0.187. The van der Waals surface area contributed by atoms with Gasteiger partial charge in [0.25, 0.3) is 0 Å². The van der Waals surface area contributed by atoms with Crippen LogP contribution < -0.4 is 0 Å². The molecular formula is C2H5BS2. The van der Waals surface area contributed by atoms with Gasteiger partial charge >= 0.3 is 0 Å². The van der Waals surface area contributed by atoms with Gasteiger partial charge in [0.2, 0.25) is 0 Å². The molecular weight excluding hydrogens is 99.0 g/mol. The van der Waals surface area contributed by atoms with Gasteiger partial charge in [0.1, 0.15) is 0 Å². The topological polar surface area (TPSA) is 0 Å². The van der Waals surface area contributed by atoms with Crippen LogP contribution in [0.4, 0.5) is 0 Å². The van der Waals surface area contributed by atoms with Gasteiger partial charge in [-0.25, -0.2) is 0 Å². The van der Waals surface area contributed by atoms with E-state index >= 15 is 0 Å². The summed E-state index contributed by atoms with van der Waals surface area (Å²) in [5.41, 5.74) is 0. The monoisotopic (exact) mass is 104 g/mol. The highest BCUT2D eigenvalue weighted by molar-refractivity contribution is 7.85. The summed E-state index contributed by atoms with van der Waals surface area (Å²) < 4.78 is 0. The standard InChI is InChI=1S/C2H5BS2/c3-2(5)1-4/h2,4-5H,1H2. The van der Waals surface area contributed by atoms with Gasteiger partial charge in [-0.15, -0.1) is 0 Å². The number of hydrogen-bond acceptors (Lipinski definition) is 2. The molecule has 0 aromatic carbocycles. The third-order valence-corrected chi connectivity index (χ3v) is 1.05. The van der Waals surface area contributed by atoms with E-state index in [-0.39, 0.29) is 5.15 Å². The zero-order valence-electron chi connectivity index (χ0n) is 2.76. The van der Waals surface area contributed by atoms with Crippen molar-refractivity contribution in [2.75, 3.05) is 5.75 Å². The quantitative estimate of drug-likeness (QED) is 0.348. The highest BCUT2D eigenvalue weighted by atomic mass is 32.1. The van der Waals surface area contributed by atoms with Crippen LogP contribution in [-0.2, 0) is 0 Å². The van der Waals surface area contributed by atoms with E-state index in [1.807, 2.05) is 0 Å². The molecule has 0 amide bonds. The maximum absolute atomic E-state index is 5.08. The van der Waals surface area contributed by atoms with Crippen molar-refractivity contribution >= 4 is 33.1 Å². The van der Waals surface area contributed by atoms with E-state index < -0.39 is 0 Å². The van der Waals surface area contributed by atoms with Crippen LogP contribution in [0.1, 0.15) is 0 Å². The molecule has 0 aromatic rings. The van der Waals surface area contributed by atoms with Gasteiger partial charge < -0.3 is 0 Å². The minimum Gasteiger partial charge on any atom is -0.185 e. The van der Waals surface area contributed by atoms with Crippen LogP contribution in [0.2, 0.25) is 0 Å². The second-order valence-electron chi connectivity index (χ2n) is 0.750. The first kappa shape index (κ1) is 5.76. The Kier molecular flexibility index (Phi) is 3.43. The first-order chi connectivity index (χ1) is 2.27. The highest BCUT2D eigenvalue weighted by Gasteiger charge is 1.81. The molecule has 0 aliphatic carbocycles. The summed E-state index contributed by atoms with van der Waals surface area (Å²) in [6.07, 6.45) is 0. The lowest BCUT2D eigenvalue weighted by molar-refractivity contribution is 1.46. The van der Waals surface area contributed by atoms with Crippen LogP contribution in [0.5, 0.6) is 0 Å². The molecule has 3 heteroatoms. The van der Waals surface area contributed by atoms with Crippen LogP contribution in [0, 0.1) is 0 Å². The van der Waals surface area contributed by atoms with E-state index in [9.17, 15) is 0 Å². The molecule has 0 heterocycles. The fraction of sp³-hybridized carbons (Fsp3) is 1.00. The van der Waals surface area contributed by atoms with E-state index in [1.165, 1.54) is 0 Å². The minimum atomic E-state index is -0.0571. The van der Waals surface area contributed by atoms with Gasteiger partial charge in [-0.3, -0.25) is 0 Å². The molecule has 0 saturated heterocycles. The summed E-state index contributed by atoms with van der Waals surface area (Å²) in [6.45, 7) is 0. The molecule has 2 radical (unpaired) electrons. The fourth-order valence-electron chi connectivity index (χ4n) is 0. The van der Waals surface area contributed by atoms with E-state index in [0.717, 1.165) is 0 Å². The minimum absolute atomic E-state index is 0.0571. The Morgan fingerprint density at radius 3 is 2.00 bits per heavy atom. The smallest absolute Gasteiger partial charge is 0.0854 e. The molecule has 0 N–H and O–H groups in total. The molecule has 0 aliphatic rings. The lowest BCUT2D eigenvalue weighted by Gasteiger charge is -1.89. The molecule has 1 atom stereocenters. The Bertz CT molecular complexity index is 21.6. The Morgan fingerprint density at radius 1 is 1.80 bits per heavy atom. The van der Waals surface area contributed by atoms with E-state index in [4.69, 9.17) is 7.85 Å². The van der Waals surface area contributed by atoms with Crippen LogP contribution in [0.25, 0.3) is 0 Å². The fourth-order valence-corrected chi connectivity index (χ4v) is 0. The summed E-state index contributed by atoms with van der Waals surface area (Å²) in [6, 6.07) is 0. The summed E-state index contributed by atoms with van der Waals surface area (Å²) in [7, 11) is 5.08. The van der Waals surface area contributed by atoms with Crippen LogP contribution in [-0.4, -0.2) is 18.7 Å². The van der Waals surface area contributed by atoms with Crippen molar-refractivity contribution in [1.29, 1.82) is 0 Å². The number of thiol groups is 2. The third kappa shape index (κ3) is 4.76. The van der Waals surface area contributed by atoms with Crippen molar-refractivity contribution in [3.63, 3.8) is 0 Å². The molecule has 5 heavy (non-hydrogen) atoms. The molecule has 0 nitrogen and oxygen atoms in total. The highest BCUT2D eigenvalue weighted by Crippen LogP contribution is 1.87. The van der Waals surface area contributed by atoms with Crippen molar-refractivity contribution in [1.82, 2.24) is 0 Å². The summed E-state index contributed by atoms with van der Waals surface area (Å²) in [4.78, 5) is 0. The molecule has 0 spiro atoms. The SMILES string of the molecule is [B]C(S)CS. The maximum Gasteiger partial charge on any atom is 0.0854 e. The first-order valence-corrected chi connectivity index (χ1v) is 2.46. The second-order valence-corrected chi connectivity index (χ2v) is 1.78. The molecule has 0 saturated carbocycles. The second kappa shape index (κ2) is 2.97.